The highest BCUT2D eigenvalue weighted by Crippen LogP contribution is 2.40. The summed E-state index contributed by atoms with van der Waals surface area (Å²) in [6.07, 6.45) is 7.53. The molecule has 0 unspecified atom stereocenters. The molecule has 0 saturated heterocycles. The molecule has 4 nitrogen and oxygen atoms in total. The number of benzene rings is 1. The fraction of sp³-hybridized carbons (Fsp3) is 0.607. The lowest BCUT2D eigenvalue weighted by Crippen LogP contribution is -2.23. The summed E-state index contributed by atoms with van der Waals surface area (Å²) >= 11 is 0. The Morgan fingerprint density at radius 1 is 1.03 bits per heavy atom. The largest absolute Gasteiger partial charge is 0.277 e. The predicted octanol–water partition coefficient (Wildman–Crippen LogP) is 7.79. The summed E-state index contributed by atoms with van der Waals surface area (Å²) in [5.74, 6) is 0.499. The fourth-order valence-electron chi connectivity index (χ4n) is 4.63. The topological polar surface area (TPSA) is 58.5 Å². The van der Waals surface area contributed by atoms with Crippen molar-refractivity contribution in [2.75, 3.05) is 0 Å². The van der Waals surface area contributed by atoms with E-state index in [1.54, 1.807) is 0 Å². The van der Waals surface area contributed by atoms with Crippen LogP contribution in [0.1, 0.15) is 123 Å². The smallest absolute Gasteiger partial charge is 0.200 e. The zero-order chi connectivity index (χ0) is 25.1. The highest BCUT2D eigenvalue weighted by atomic mass is 32.2. The molecular weight excluding hydrogens is 428 g/mol. The summed E-state index contributed by atoms with van der Waals surface area (Å²) in [5, 5.41) is 4.26. The maximum atomic E-state index is 13.5. The minimum Gasteiger partial charge on any atom is -0.200 e. The molecular formula is C28H44N2O2S. The van der Waals surface area contributed by atoms with Crippen LogP contribution in [0.3, 0.4) is 0 Å². The van der Waals surface area contributed by atoms with E-state index >= 15 is 0 Å². The molecule has 1 aliphatic carbocycles. The van der Waals surface area contributed by atoms with Crippen molar-refractivity contribution in [2.45, 2.75) is 111 Å². The Hall–Kier alpha value is -1.88. The SMILES string of the molecule is CC1=C(/C=C/C(C)=N/NS(=O)(=O)c2c(C(C)C)cc(C(C)C)cc2C(C)C)C(C)(C)CCC1. The van der Waals surface area contributed by atoms with Crippen LogP contribution in [0.5, 0.6) is 0 Å². The van der Waals surface area contributed by atoms with Gasteiger partial charge >= 0.3 is 0 Å². The van der Waals surface area contributed by atoms with Gasteiger partial charge in [0.15, 0.2) is 0 Å². The molecule has 1 N–H and O–H groups in total. The van der Waals surface area contributed by atoms with Gasteiger partial charge in [-0.2, -0.15) is 18.4 Å². The summed E-state index contributed by atoms with van der Waals surface area (Å²) in [6, 6.07) is 4.10. The first kappa shape index (κ1) is 27.4. The molecule has 0 spiro atoms. The van der Waals surface area contributed by atoms with Crippen LogP contribution in [0, 0.1) is 5.41 Å². The van der Waals surface area contributed by atoms with Gasteiger partial charge in [-0.25, -0.2) is 0 Å². The molecule has 0 radical (unpaired) electrons. The first-order valence-electron chi connectivity index (χ1n) is 12.3. The molecule has 5 heteroatoms. The predicted molar refractivity (Wildman–Crippen MR) is 142 cm³/mol. The van der Waals surface area contributed by atoms with Gasteiger partial charge in [0.25, 0.3) is 10.0 Å². The van der Waals surface area contributed by atoms with Gasteiger partial charge in [0.1, 0.15) is 0 Å². The van der Waals surface area contributed by atoms with Crippen molar-refractivity contribution in [2.24, 2.45) is 10.5 Å². The van der Waals surface area contributed by atoms with Crippen molar-refractivity contribution >= 4 is 15.7 Å². The number of hydrogen-bond acceptors (Lipinski definition) is 3. The summed E-state index contributed by atoms with van der Waals surface area (Å²) in [6.45, 7) is 21.0. The second-order valence-electron chi connectivity index (χ2n) is 11.1. The number of rotatable bonds is 8. The third-order valence-electron chi connectivity index (χ3n) is 6.72. The molecule has 0 atom stereocenters. The molecule has 0 saturated carbocycles. The van der Waals surface area contributed by atoms with E-state index in [-0.39, 0.29) is 17.3 Å². The van der Waals surface area contributed by atoms with Gasteiger partial charge in [-0.05, 0) is 84.6 Å². The summed E-state index contributed by atoms with van der Waals surface area (Å²) in [5.41, 5.74) is 6.38. The van der Waals surface area contributed by atoms with E-state index in [1.165, 1.54) is 23.1 Å². The minimum atomic E-state index is -3.81. The van der Waals surface area contributed by atoms with Crippen molar-refractivity contribution in [1.29, 1.82) is 0 Å². The monoisotopic (exact) mass is 472 g/mol. The van der Waals surface area contributed by atoms with Crippen molar-refractivity contribution in [3.63, 3.8) is 0 Å². The molecule has 1 aromatic rings. The van der Waals surface area contributed by atoms with E-state index < -0.39 is 10.0 Å². The highest BCUT2D eigenvalue weighted by molar-refractivity contribution is 7.89. The first-order valence-corrected chi connectivity index (χ1v) is 13.8. The second-order valence-corrected chi connectivity index (χ2v) is 12.7. The van der Waals surface area contributed by atoms with Crippen LogP contribution in [-0.4, -0.2) is 14.1 Å². The van der Waals surface area contributed by atoms with Crippen LogP contribution in [0.25, 0.3) is 0 Å². The lowest BCUT2D eigenvalue weighted by molar-refractivity contribution is 0.377. The van der Waals surface area contributed by atoms with Crippen molar-refractivity contribution in [1.82, 2.24) is 4.83 Å². The van der Waals surface area contributed by atoms with Crippen molar-refractivity contribution in [3.05, 3.63) is 52.1 Å². The quantitative estimate of drug-likeness (QED) is 0.310. The molecule has 1 aliphatic rings. The zero-order valence-electron chi connectivity index (χ0n) is 22.3. The first-order chi connectivity index (χ1) is 15.2. The number of hydrogen-bond donors (Lipinski definition) is 1. The maximum absolute atomic E-state index is 13.5. The fourth-order valence-corrected chi connectivity index (χ4v) is 6.19. The number of sulfonamides is 1. The molecule has 33 heavy (non-hydrogen) atoms. The summed E-state index contributed by atoms with van der Waals surface area (Å²) in [7, 11) is -3.81. The summed E-state index contributed by atoms with van der Waals surface area (Å²) < 4.78 is 27.0. The number of nitrogens with zero attached hydrogens (tertiary/aromatic N) is 1. The minimum absolute atomic E-state index is 0.0844. The Kier molecular flexibility index (Phi) is 8.78. The van der Waals surface area contributed by atoms with Gasteiger partial charge < -0.3 is 0 Å². The van der Waals surface area contributed by atoms with E-state index in [9.17, 15) is 8.42 Å². The van der Waals surface area contributed by atoms with Gasteiger partial charge in [-0.3, -0.25) is 0 Å². The molecule has 0 bridgehead atoms. The normalized spacial score (nSPS) is 17.7. The van der Waals surface area contributed by atoms with Crippen LogP contribution in [0.2, 0.25) is 0 Å². The van der Waals surface area contributed by atoms with E-state index in [1.807, 2.05) is 52.8 Å². The van der Waals surface area contributed by atoms with Gasteiger partial charge in [0.05, 0.1) is 10.6 Å². The van der Waals surface area contributed by atoms with Gasteiger partial charge in [-0.1, -0.05) is 79.2 Å². The average molecular weight is 473 g/mol. The third-order valence-corrected chi connectivity index (χ3v) is 8.06. The van der Waals surface area contributed by atoms with Crippen LogP contribution in [0.15, 0.2) is 45.4 Å². The van der Waals surface area contributed by atoms with Crippen LogP contribution in [-0.2, 0) is 10.0 Å². The Labute approximate surface area is 202 Å². The Morgan fingerprint density at radius 2 is 1.58 bits per heavy atom. The van der Waals surface area contributed by atoms with Crippen molar-refractivity contribution < 1.29 is 8.42 Å². The van der Waals surface area contributed by atoms with Crippen molar-refractivity contribution in [3.8, 4) is 0 Å². The van der Waals surface area contributed by atoms with Gasteiger partial charge in [-0.15, -0.1) is 0 Å². The van der Waals surface area contributed by atoms with E-state index in [4.69, 9.17) is 0 Å². The lowest BCUT2D eigenvalue weighted by Gasteiger charge is -2.32. The third kappa shape index (κ3) is 6.59. The zero-order valence-corrected chi connectivity index (χ0v) is 23.2. The van der Waals surface area contributed by atoms with E-state index in [0.29, 0.717) is 16.5 Å². The molecule has 0 amide bonds. The Bertz CT molecular complexity index is 1030. The Balaban J connectivity index is 2.43. The summed E-state index contributed by atoms with van der Waals surface area (Å²) in [4.78, 5) is 2.91. The van der Waals surface area contributed by atoms with Crippen LogP contribution < -0.4 is 4.83 Å². The molecule has 0 heterocycles. The molecule has 0 aromatic heterocycles. The van der Waals surface area contributed by atoms with E-state index in [0.717, 1.165) is 24.0 Å². The standard InChI is InChI=1S/C28H44N2O2S/c1-18(2)23-16-24(19(3)4)27(25(17-23)20(5)6)33(31,32)30-29-22(8)13-14-26-21(7)12-11-15-28(26,9)10/h13-14,16-20,30H,11-12,15H2,1-10H3/b14-13+,29-22+. The van der Waals surface area contributed by atoms with E-state index in [2.05, 4.69) is 50.6 Å². The maximum Gasteiger partial charge on any atom is 0.277 e. The second kappa shape index (κ2) is 10.6. The average Bonchev–Trinajstić information content (AvgIpc) is 2.70. The van der Waals surface area contributed by atoms with Gasteiger partial charge in [0, 0.05) is 0 Å². The van der Waals surface area contributed by atoms with Gasteiger partial charge in [0.2, 0.25) is 0 Å². The Morgan fingerprint density at radius 3 is 2.03 bits per heavy atom. The number of hydrazone groups is 1. The molecule has 0 fully saturated rings. The molecule has 0 aliphatic heterocycles. The van der Waals surface area contributed by atoms with Crippen LogP contribution in [0.4, 0.5) is 0 Å². The number of allylic oxidation sites excluding steroid dienone is 4. The molecule has 2 rings (SSSR count). The number of nitrogens with one attached hydrogen (secondary N) is 1. The van der Waals surface area contributed by atoms with Crippen LogP contribution >= 0.6 is 0 Å². The highest BCUT2D eigenvalue weighted by Gasteiger charge is 2.28. The molecule has 184 valence electrons. The lowest BCUT2D eigenvalue weighted by atomic mass is 9.72. The molecule has 1 aromatic carbocycles.